The summed E-state index contributed by atoms with van der Waals surface area (Å²) in [6.07, 6.45) is 1.74. The molecule has 0 spiro atoms. The van der Waals surface area contributed by atoms with Gasteiger partial charge in [0.05, 0.1) is 0 Å². The third kappa shape index (κ3) is 1.35. The SMILES string of the molecule is Cc1nc([N+](=O)[O-])c2c(CN)cccn12. The van der Waals surface area contributed by atoms with Crippen molar-refractivity contribution in [3.05, 3.63) is 39.8 Å². The minimum atomic E-state index is -0.485. The molecule has 78 valence electrons. The number of nitrogens with two attached hydrogens (primary N) is 1. The molecule has 0 aromatic carbocycles. The van der Waals surface area contributed by atoms with Crippen LogP contribution >= 0.6 is 0 Å². The summed E-state index contributed by atoms with van der Waals surface area (Å²) in [4.78, 5) is 14.2. The first kappa shape index (κ1) is 9.60. The van der Waals surface area contributed by atoms with E-state index in [2.05, 4.69) is 4.98 Å². The average Bonchev–Trinajstić information content (AvgIpc) is 2.56. The van der Waals surface area contributed by atoms with Crippen molar-refractivity contribution in [3.63, 3.8) is 0 Å². The van der Waals surface area contributed by atoms with Crippen LogP contribution in [-0.4, -0.2) is 14.3 Å². The van der Waals surface area contributed by atoms with Crippen LogP contribution in [0.15, 0.2) is 18.3 Å². The lowest BCUT2D eigenvalue weighted by atomic mass is 10.2. The second kappa shape index (κ2) is 3.32. The molecule has 0 saturated heterocycles. The molecule has 0 bridgehead atoms. The van der Waals surface area contributed by atoms with Crippen LogP contribution in [0.4, 0.5) is 5.82 Å². The minimum absolute atomic E-state index is 0.131. The molecule has 0 fully saturated rings. The zero-order valence-electron chi connectivity index (χ0n) is 8.17. The van der Waals surface area contributed by atoms with E-state index in [1.807, 2.05) is 0 Å². The van der Waals surface area contributed by atoms with Crippen LogP contribution in [-0.2, 0) is 6.54 Å². The molecule has 0 amide bonds. The normalized spacial score (nSPS) is 10.8. The molecule has 6 heteroatoms. The summed E-state index contributed by atoms with van der Waals surface area (Å²) < 4.78 is 1.68. The van der Waals surface area contributed by atoms with E-state index in [0.717, 1.165) is 5.56 Å². The van der Waals surface area contributed by atoms with Crippen LogP contribution in [0, 0.1) is 17.0 Å². The van der Waals surface area contributed by atoms with E-state index in [4.69, 9.17) is 5.73 Å². The monoisotopic (exact) mass is 206 g/mol. The molecule has 2 aromatic rings. The third-order valence-electron chi connectivity index (χ3n) is 2.30. The number of imidazole rings is 1. The van der Waals surface area contributed by atoms with E-state index in [1.165, 1.54) is 0 Å². The predicted molar refractivity (Wildman–Crippen MR) is 54.5 cm³/mol. The van der Waals surface area contributed by atoms with Gasteiger partial charge >= 0.3 is 5.82 Å². The summed E-state index contributed by atoms with van der Waals surface area (Å²) in [5.74, 6) is 0.459. The maximum Gasteiger partial charge on any atom is 0.390 e. The van der Waals surface area contributed by atoms with Crippen molar-refractivity contribution in [2.24, 2.45) is 5.73 Å². The van der Waals surface area contributed by atoms with E-state index >= 15 is 0 Å². The number of aryl methyl sites for hydroxylation is 1. The molecular weight excluding hydrogens is 196 g/mol. The van der Waals surface area contributed by atoms with Crippen molar-refractivity contribution in [1.29, 1.82) is 0 Å². The van der Waals surface area contributed by atoms with Crippen molar-refractivity contribution in [2.75, 3.05) is 0 Å². The number of aromatic nitrogens is 2. The van der Waals surface area contributed by atoms with Crippen molar-refractivity contribution < 1.29 is 4.92 Å². The van der Waals surface area contributed by atoms with E-state index in [0.29, 0.717) is 11.3 Å². The van der Waals surface area contributed by atoms with E-state index < -0.39 is 4.92 Å². The number of hydrogen-bond donors (Lipinski definition) is 1. The summed E-state index contributed by atoms with van der Waals surface area (Å²) in [7, 11) is 0. The van der Waals surface area contributed by atoms with Crippen LogP contribution in [0.5, 0.6) is 0 Å². The van der Waals surface area contributed by atoms with Crippen LogP contribution < -0.4 is 5.73 Å². The molecule has 0 aliphatic heterocycles. The number of nitrogens with zero attached hydrogens (tertiary/aromatic N) is 3. The van der Waals surface area contributed by atoms with Gasteiger partial charge in [0, 0.05) is 19.7 Å². The van der Waals surface area contributed by atoms with E-state index in [-0.39, 0.29) is 12.4 Å². The summed E-state index contributed by atoms with van der Waals surface area (Å²) in [5.41, 5.74) is 6.75. The van der Waals surface area contributed by atoms with Crippen LogP contribution in [0.1, 0.15) is 11.4 Å². The zero-order chi connectivity index (χ0) is 11.0. The number of pyridine rings is 1. The maximum atomic E-state index is 10.8. The molecule has 0 atom stereocenters. The highest BCUT2D eigenvalue weighted by Gasteiger charge is 2.21. The Morgan fingerprint density at radius 3 is 3.00 bits per heavy atom. The Balaban J connectivity index is 2.88. The largest absolute Gasteiger partial charge is 0.390 e. The number of rotatable bonds is 2. The van der Waals surface area contributed by atoms with Crippen molar-refractivity contribution in [1.82, 2.24) is 9.38 Å². The second-order valence-electron chi connectivity index (χ2n) is 3.20. The van der Waals surface area contributed by atoms with Crippen LogP contribution in [0.2, 0.25) is 0 Å². The highest BCUT2D eigenvalue weighted by Crippen LogP contribution is 2.23. The van der Waals surface area contributed by atoms with Crippen molar-refractivity contribution in [3.8, 4) is 0 Å². The lowest BCUT2D eigenvalue weighted by Crippen LogP contribution is -2.00. The summed E-state index contributed by atoms with van der Waals surface area (Å²) >= 11 is 0. The second-order valence-corrected chi connectivity index (χ2v) is 3.20. The van der Waals surface area contributed by atoms with E-state index in [1.54, 1.807) is 29.7 Å². The fourth-order valence-corrected chi connectivity index (χ4v) is 1.63. The Bertz CT molecular complexity index is 532. The Hall–Kier alpha value is -1.95. The molecule has 6 nitrogen and oxygen atoms in total. The predicted octanol–water partition coefficient (Wildman–Crippen LogP) is 1.01. The van der Waals surface area contributed by atoms with Gasteiger partial charge in [-0.05, 0) is 21.5 Å². The van der Waals surface area contributed by atoms with Gasteiger partial charge < -0.3 is 15.8 Å². The zero-order valence-corrected chi connectivity index (χ0v) is 8.17. The molecular formula is C9H10N4O2. The number of fused-ring (bicyclic) bond motifs is 1. The topological polar surface area (TPSA) is 86.5 Å². The first-order valence-electron chi connectivity index (χ1n) is 4.46. The highest BCUT2D eigenvalue weighted by molar-refractivity contribution is 5.67. The van der Waals surface area contributed by atoms with Gasteiger partial charge in [0.15, 0.2) is 5.52 Å². The molecule has 2 aromatic heterocycles. The number of hydrogen-bond acceptors (Lipinski definition) is 4. The molecule has 0 unspecified atom stereocenters. The lowest BCUT2D eigenvalue weighted by molar-refractivity contribution is -0.387. The standard InChI is InChI=1S/C9H10N4O2/c1-6-11-9(13(14)15)8-7(5-10)3-2-4-12(6)8/h2-4H,5,10H2,1H3. The molecule has 0 aliphatic carbocycles. The van der Waals surface area contributed by atoms with Gasteiger partial charge in [0.1, 0.15) is 0 Å². The Kier molecular flexibility index (Phi) is 2.12. The molecule has 0 radical (unpaired) electrons. The maximum absolute atomic E-state index is 10.8. The Labute approximate surface area is 85.5 Å². The van der Waals surface area contributed by atoms with E-state index in [9.17, 15) is 10.1 Å². The van der Waals surface area contributed by atoms with Crippen LogP contribution in [0.25, 0.3) is 5.52 Å². The molecule has 2 rings (SSSR count). The summed E-state index contributed by atoms with van der Waals surface area (Å²) in [6, 6.07) is 3.57. The van der Waals surface area contributed by atoms with Crippen molar-refractivity contribution >= 4 is 11.3 Å². The third-order valence-corrected chi connectivity index (χ3v) is 2.30. The fourth-order valence-electron chi connectivity index (χ4n) is 1.63. The molecule has 0 saturated carbocycles. The highest BCUT2D eigenvalue weighted by atomic mass is 16.6. The Morgan fingerprint density at radius 2 is 2.40 bits per heavy atom. The van der Waals surface area contributed by atoms with Gasteiger partial charge in [-0.2, -0.15) is 0 Å². The molecule has 0 aliphatic rings. The van der Waals surface area contributed by atoms with Gasteiger partial charge in [-0.25, -0.2) is 0 Å². The average molecular weight is 206 g/mol. The quantitative estimate of drug-likeness (QED) is 0.586. The van der Waals surface area contributed by atoms with Gasteiger partial charge in [-0.1, -0.05) is 6.07 Å². The lowest BCUT2D eigenvalue weighted by Gasteiger charge is -1.99. The molecule has 2 N–H and O–H groups in total. The fraction of sp³-hybridized carbons (Fsp3) is 0.222. The van der Waals surface area contributed by atoms with Gasteiger partial charge in [-0.3, -0.25) is 4.40 Å². The first-order valence-corrected chi connectivity index (χ1v) is 4.46. The molecule has 15 heavy (non-hydrogen) atoms. The molecule has 2 heterocycles. The van der Waals surface area contributed by atoms with Gasteiger partial charge in [0.25, 0.3) is 0 Å². The summed E-state index contributed by atoms with van der Waals surface area (Å²) in [5, 5.41) is 10.8. The van der Waals surface area contributed by atoms with Crippen molar-refractivity contribution in [2.45, 2.75) is 13.5 Å². The van der Waals surface area contributed by atoms with Gasteiger partial charge in [-0.15, -0.1) is 0 Å². The van der Waals surface area contributed by atoms with Gasteiger partial charge in [0.2, 0.25) is 5.82 Å². The number of nitro groups is 1. The smallest absolute Gasteiger partial charge is 0.358 e. The summed E-state index contributed by atoms with van der Waals surface area (Å²) in [6.45, 7) is 1.98. The Morgan fingerprint density at radius 1 is 1.67 bits per heavy atom. The first-order chi connectivity index (χ1) is 7.15. The minimum Gasteiger partial charge on any atom is -0.358 e. The van der Waals surface area contributed by atoms with Crippen LogP contribution in [0.3, 0.4) is 0 Å².